The zero-order valence-electron chi connectivity index (χ0n) is 11.7. The number of pyridine rings is 2. The zero-order valence-corrected chi connectivity index (χ0v) is 12.5. The van der Waals surface area contributed by atoms with E-state index in [1.54, 1.807) is 19.4 Å². The van der Waals surface area contributed by atoms with Crippen LogP contribution in [0.1, 0.15) is 23.2 Å². The van der Waals surface area contributed by atoms with Crippen molar-refractivity contribution in [2.45, 2.75) is 19.3 Å². The number of ether oxygens (including phenoxy) is 1. The second-order valence-corrected chi connectivity index (χ2v) is 5.36. The molecule has 2 heterocycles. The molecule has 1 aliphatic rings. The van der Waals surface area contributed by atoms with Crippen molar-refractivity contribution in [3.05, 3.63) is 41.2 Å². The van der Waals surface area contributed by atoms with Crippen molar-refractivity contribution >= 4 is 28.7 Å². The van der Waals surface area contributed by atoms with Crippen LogP contribution >= 0.6 is 12.2 Å². The van der Waals surface area contributed by atoms with Gasteiger partial charge in [0.25, 0.3) is 0 Å². The van der Waals surface area contributed by atoms with Crippen molar-refractivity contribution in [3.63, 3.8) is 0 Å². The van der Waals surface area contributed by atoms with Gasteiger partial charge in [0.05, 0.1) is 24.6 Å². The van der Waals surface area contributed by atoms with Gasteiger partial charge in [-0.3, -0.25) is 0 Å². The first kappa shape index (κ1) is 13.8. The number of nitrogens with zero attached hydrogens (tertiary/aromatic N) is 2. The minimum absolute atomic E-state index is 0.348. The van der Waals surface area contributed by atoms with Crippen molar-refractivity contribution in [2.75, 3.05) is 12.4 Å². The molecule has 1 aliphatic carbocycles. The van der Waals surface area contributed by atoms with Gasteiger partial charge in [0, 0.05) is 11.8 Å². The first-order valence-electron chi connectivity index (χ1n) is 6.77. The third kappa shape index (κ3) is 2.80. The molecule has 0 aliphatic heterocycles. The minimum atomic E-state index is 0.348. The molecule has 3 N–H and O–H groups in total. The Morgan fingerprint density at radius 3 is 2.90 bits per heavy atom. The fourth-order valence-corrected chi connectivity index (χ4v) is 2.62. The maximum atomic E-state index is 5.82. The van der Waals surface area contributed by atoms with E-state index >= 15 is 0 Å². The number of hydrogen-bond acceptors (Lipinski definition) is 5. The number of fused-ring (bicyclic) bond motifs is 1. The average molecular weight is 300 g/mol. The fraction of sp³-hybridized carbons (Fsp3) is 0.267. The largest absolute Gasteiger partial charge is 0.481 e. The Kier molecular flexibility index (Phi) is 3.70. The van der Waals surface area contributed by atoms with E-state index in [1.807, 2.05) is 6.07 Å². The van der Waals surface area contributed by atoms with Crippen LogP contribution in [0.4, 0.5) is 11.5 Å². The Labute approximate surface area is 128 Å². The molecule has 6 heteroatoms. The number of hydrogen-bond donors (Lipinski definition) is 2. The van der Waals surface area contributed by atoms with Gasteiger partial charge in [0.1, 0.15) is 10.8 Å². The molecule has 0 radical (unpaired) electrons. The van der Waals surface area contributed by atoms with Gasteiger partial charge in [0.15, 0.2) is 0 Å². The summed E-state index contributed by atoms with van der Waals surface area (Å²) in [6, 6.07) is 5.72. The summed E-state index contributed by atoms with van der Waals surface area (Å²) >= 11 is 5.14. The Morgan fingerprint density at radius 2 is 2.24 bits per heavy atom. The smallest absolute Gasteiger partial charge is 0.213 e. The van der Waals surface area contributed by atoms with Crippen LogP contribution in [-0.2, 0) is 12.8 Å². The molecule has 0 amide bonds. The van der Waals surface area contributed by atoms with E-state index < -0.39 is 0 Å². The van der Waals surface area contributed by atoms with E-state index in [9.17, 15) is 0 Å². The molecular formula is C15H16N4OS. The summed E-state index contributed by atoms with van der Waals surface area (Å²) < 4.78 is 5.05. The van der Waals surface area contributed by atoms with Crippen molar-refractivity contribution < 1.29 is 4.74 Å². The fourth-order valence-electron chi connectivity index (χ4n) is 2.47. The molecule has 5 nitrogen and oxygen atoms in total. The van der Waals surface area contributed by atoms with Crippen LogP contribution in [0.3, 0.4) is 0 Å². The lowest BCUT2D eigenvalue weighted by atomic mass is 10.1. The van der Waals surface area contributed by atoms with Crippen LogP contribution in [0.25, 0.3) is 0 Å². The summed E-state index contributed by atoms with van der Waals surface area (Å²) in [5.74, 6) is 1.26. The third-order valence-electron chi connectivity index (χ3n) is 3.52. The van der Waals surface area contributed by atoms with Crippen LogP contribution in [0, 0.1) is 0 Å². The first-order valence-corrected chi connectivity index (χ1v) is 7.18. The van der Waals surface area contributed by atoms with E-state index in [1.165, 1.54) is 5.56 Å². The maximum Gasteiger partial charge on any atom is 0.213 e. The van der Waals surface area contributed by atoms with Crippen LogP contribution in [0.2, 0.25) is 0 Å². The predicted molar refractivity (Wildman–Crippen MR) is 86.2 cm³/mol. The quantitative estimate of drug-likeness (QED) is 0.844. The Hall–Kier alpha value is -2.21. The SMILES string of the molecule is COc1ccc(Nc2nc3c(cc2C(N)=S)CCC3)cn1. The number of thiocarbonyl (C=S) groups is 1. The predicted octanol–water partition coefficient (Wildman–Crippen LogP) is 2.35. The van der Waals surface area contributed by atoms with E-state index in [4.69, 9.17) is 22.7 Å². The highest BCUT2D eigenvalue weighted by atomic mass is 32.1. The summed E-state index contributed by atoms with van der Waals surface area (Å²) in [5, 5.41) is 3.24. The molecular weight excluding hydrogens is 284 g/mol. The Morgan fingerprint density at radius 1 is 1.38 bits per heavy atom. The molecule has 0 saturated heterocycles. The van der Waals surface area contributed by atoms with Gasteiger partial charge in [-0.2, -0.15) is 0 Å². The van der Waals surface area contributed by atoms with Crippen LogP contribution in [0.5, 0.6) is 5.88 Å². The van der Waals surface area contributed by atoms with Gasteiger partial charge in [-0.15, -0.1) is 0 Å². The molecule has 21 heavy (non-hydrogen) atoms. The highest BCUT2D eigenvalue weighted by molar-refractivity contribution is 7.80. The Balaban J connectivity index is 1.94. The second kappa shape index (κ2) is 5.65. The van der Waals surface area contributed by atoms with Crippen molar-refractivity contribution in [3.8, 4) is 5.88 Å². The lowest BCUT2D eigenvalue weighted by molar-refractivity contribution is 0.398. The first-order chi connectivity index (χ1) is 10.2. The average Bonchev–Trinajstić information content (AvgIpc) is 2.94. The highest BCUT2D eigenvalue weighted by Crippen LogP contribution is 2.27. The van der Waals surface area contributed by atoms with E-state index in [-0.39, 0.29) is 0 Å². The monoisotopic (exact) mass is 300 g/mol. The molecule has 2 aromatic rings. The van der Waals surface area contributed by atoms with Gasteiger partial charge in [-0.05, 0) is 37.0 Å². The van der Waals surface area contributed by atoms with Gasteiger partial charge in [-0.25, -0.2) is 9.97 Å². The molecule has 108 valence electrons. The third-order valence-corrected chi connectivity index (χ3v) is 3.74. The lowest BCUT2D eigenvalue weighted by Gasteiger charge is -2.12. The molecule has 0 unspecified atom stereocenters. The maximum absolute atomic E-state index is 5.82. The number of aromatic nitrogens is 2. The Bertz CT molecular complexity index is 685. The molecule has 0 aromatic carbocycles. The molecule has 0 atom stereocenters. The molecule has 0 spiro atoms. The van der Waals surface area contributed by atoms with Crippen LogP contribution in [-0.4, -0.2) is 22.1 Å². The van der Waals surface area contributed by atoms with Crippen LogP contribution < -0.4 is 15.8 Å². The number of rotatable bonds is 4. The van der Waals surface area contributed by atoms with Gasteiger partial charge in [0.2, 0.25) is 5.88 Å². The van der Waals surface area contributed by atoms with Crippen molar-refractivity contribution in [1.82, 2.24) is 9.97 Å². The van der Waals surface area contributed by atoms with Crippen molar-refractivity contribution in [2.24, 2.45) is 5.73 Å². The molecule has 3 rings (SSSR count). The standard InChI is InChI=1S/C15H16N4OS/c1-20-13-6-5-10(8-17-13)18-15-11(14(16)21)7-9-3-2-4-12(9)19-15/h5-8H,2-4H2,1H3,(H2,16,21)(H,18,19). The summed E-state index contributed by atoms with van der Waals surface area (Å²) in [6.07, 6.45) is 4.87. The summed E-state index contributed by atoms with van der Waals surface area (Å²) in [4.78, 5) is 9.19. The zero-order chi connectivity index (χ0) is 14.8. The van der Waals surface area contributed by atoms with Gasteiger partial charge in [-0.1, -0.05) is 12.2 Å². The molecule has 0 saturated carbocycles. The number of aryl methyl sites for hydroxylation is 2. The summed E-state index contributed by atoms with van der Waals surface area (Å²) in [7, 11) is 1.59. The number of anilines is 2. The minimum Gasteiger partial charge on any atom is -0.481 e. The molecule has 0 fully saturated rings. The molecule has 2 aromatic heterocycles. The second-order valence-electron chi connectivity index (χ2n) is 4.92. The van der Waals surface area contributed by atoms with Gasteiger partial charge < -0.3 is 15.8 Å². The van der Waals surface area contributed by atoms with Crippen molar-refractivity contribution in [1.29, 1.82) is 0 Å². The number of nitrogens with one attached hydrogen (secondary N) is 1. The lowest BCUT2D eigenvalue weighted by Crippen LogP contribution is -2.14. The summed E-state index contributed by atoms with van der Waals surface area (Å²) in [6.45, 7) is 0. The topological polar surface area (TPSA) is 73.1 Å². The number of methoxy groups -OCH3 is 1. The number of nitrogens with two attached hydrogens (primary N) is 1. The van der Waals surface area contributed by atoms with Gasteiger partial charge >= 0.3 is 0 Å². The molecule has 0 bridgehead atoms. The van der Waals surface area contributed by atoms with E-state index in [0.29, 0.717) is 16.7 Å². The van der Waals surface area contributed by atoms with Crippen LogP contribution in [0.15, 0.2) is 24.4 Å². The summed E-state index contributed by atoms with van der Waals surface area (Å²) in [5.41, 5.74) is 9.79. The van der Waals surface area contributed by atoms with E-state index in [2.05, 4.69) is 21.4 Å². The normalized spacial score (nSPS) is 12.8. The van der Waals surface area contributed by atoms with E-state index in [0.717, 1.165) is 36.2 Å². The highest BCUT2D eigenvalue weighted by Gasteiger charge is 2.17.